The van der Waals surface area contributed by atoms with Crippen LogP contribution < -0.4 is 5.73 Å². The van der Waals surface area contributed by atoms with E-state index in [-0.39, 0.29) is 0 Å². The number of ether oxygens (including phenoxy) is 1. The molecule has 0 aromatic heterocycles. The second kappa shape index (κ2) is 5.50. The summed E-state index contributed by atoms with van der Waals surface area (Å²) >= 11 is 0. The quantitative estimate of drug-likeness (QED) is 0.846. The highest BCUT2D eigenvalue weighted by Gasteiger charge is 2.53. The average Bonchev–Trinajstić information content (AvgIpc) is 2.89. The van der Waals surface area contributed by atoms with Gasteiger partial charge in [0.1, 0.15) is 0 Å². The molecule has 5 aliphatic rings. The monoisotopic (exact) mass is 292 g/mol. The zero-order valence-electron chi connectivity index (χ0n) is 13.6. The summed E-state index contributed by atoms with van der Waals surface area (Å²) in [5.74, 6) is 3.02. The molecule has 0 aromatic rings. The molecule has 0 amide bonds. The smallest absolute Gasteiger partial charge is 0.0702 e. The SMILES string of the molecule is CN(CC1CCCO1)CC(N)C12CC3CC(CC(C3)C1)C2. The highest BCUT2D eigenvalue weighted by molar-refractivity contribution is 5.05. The van der Waals surface area contributed by atoms with Crippen molar-refractivity contribution in [2.24, 2.45) is 28.9 Å². The van der Waals surface area contributed by atoms with Gasteiger partial charge in [0.15, 0.2) is 0 Å². The summed E-state index contributed by atoms with van der Waals surface area (Å²) in [6.45, 7) is 3.09. The van der Waals surface area contributed by atoms with Gasteiger partial charge < -0.3 is 15.4 Å². The fourth-order valence-electron chi connectivity index (χ4n) is 6.37. The van der Waals surface area contributed by atoms with E-state index in [9.17, 15) is 0 Å². The Morgan fingerprint density at radius 2 is 1.76 bits per heavy atom. The van der Waals surface area contributed by atoms with E-state index in [1.807, 2.05) is 0 Å². The Kier molecular flexibility index (Phi) is 3.79. The third-order valence-corrected chi connectivity index (χ3v) is 6.92. The third-order valence-electron chi connectivity index (χ3n) is 6.92. The fourth-order valence-corrected chi connectivity index (χ4v) is 6.37. The van der Waals surface area contributed by atoms with Crippen LogP contribution in [0.25, 0.3) is 0 Å². The van der Waals surface area contributed by atoms with Crippen LogP contribution in [0.1, 0.15) is 51.4 Å². The normalized spacial score (nSPS) is 46.4. The summed E-state index contributed by atoms with van der Waals surface area (Å²) in [5.41, 5.74) is 7.25. The van der Waals surface area contributed by atoms with E-state index in [2.05, 4.69) is 11.9 Å². The van der Waals surface area contributed by atoms with Gasteiger partial charge >= 0.3 is 0 Å². The number of likely N-dealkylation sites (N-methyl/N-ethyl adjacent to an activating group) is 1. The number of rotatable bonds is 5. The predicted octanol–water partition coefficient (Wildman–Crippen LogP) is 2.64. The predicted molar refractivity (Wildman–Crippen MR) is 85.1 cm³/mol. The van der Waals surface area contributed by atoms with E-state index in [1.165, 1.54) is 51.4 Å². The molecule has 2 atom stereocenters. The van der Waals surface area contributed by atoms with Crippen molar-refractivity contribution in [3.05, 3.63) is 0 Å². The molecule has 5 rings (SSSR count). The first-order chi connectivity index (χ1) is 10.1. The van der Waals surface area contributed by atoms with Crippen LogP contribution in [0.5, 0.6) is 0 Å². The van der Waals surface area contributed by atoms with Gasteiger partial charge in [0.25, 0.3) is 0 Å². The van der Waals surface area contributed by atoms with Gasteiger partial charge in [0.2, 0.25) is 0 Å². The molecule has 0 radical (unpaired) electrons. The summed E-state index contributed by atoms with van der Waals surface area (Å²) in [7, 11) is 2.24. The molecular weight excluding hydrogens is 260 g/mol. The number of nitrogens with two attached hydrogens (primary N) is 1. The van der Waals surface area contributed by atoms with Crippen LogP contribution in [0.4, 0.5) is 0 Å². The molecule has 0 spiro atoms. The van der Waals surface area contributed by atoms with Crippen molar-refractivity contribution in [3.8, 4) is 0 Å². The lowest BCUT2D eigenvalue weighted by Gasteiger charge is -2.59. The van der Waals surface area contributed by atoms with Crippen molar-refractivity contribution in [1.82, 2.24) is 4.90 Å². The fraction of sp³-hybridized carbons (Fsp3) is 1.00. The molecule has 3 nitrogen and oxygen atoms in total. The van der Waals surface area contributed by atoms with Gasteiger partial charge in [0.05, 0.1) is 6.10 Å². The Labute approximate surface area is 129 Å². The van der Waals surface area contributed by atoms with Gasteiger partial charge in [-0.15, -0.1) is 0 Å². The zero-order valence-corrected chi connectivity index (χ0v) is 13.6. The van der Waals surface area contributed by atoms with Gasteiger partial charge in [-0.25, -0.2) is 0 Å². The van der Waals surface area contributed by atoms with E-state index < -0.39 is 0 Å². The Morgan fingerprint density at radius 1 is 1.14 bits per heavy atom. The summed E-state index contributed by atoms with van der Waals surface area (Å²) in [5, 5.41) is 0. The second-order valence-corrected chi connectivity index (χ2v) is 8.74. The third kappa shape index (κ3) is 2.77. The van der Waals surface area contributed by atoms with Gasteiger partial charge in [-0.1, -0.05) is 0 Å². The van der Waals surface area contributed by atoms with E-state index >= 15 is 0 Å². The first kappa shape index (κ1) is 14.5. The molecule has 2 N–H and O–H groups in total. The summed E-state index contributed by atoms with van der Waals surface area (Å²) in [6.07, 6.45) is 11.7. The molecule has 4 saturated carbocycles. The van der Waals surface area contributed by atoms with Crippen molar-refractivity contribution in [2.75, 3.05) is 26.7 Å². The first-order valence-electron chi connectivity index (χ1n) is 9.19. The minimum Gasteiger partial charge on any atom is -0.377 e. The molecule has 120 valence electrons. The molecule has 4 bridgehead atoms. The lowest BCUT2D eigenvalue weighted by molar-refractivity contribution is -0.0717. The summed E-state index contributed by atoms with van der Waals surface area (Å²) in [6, 6.07) is 0.373. The molecule has 1 aliphatic heterocycles. The van der Waals surface area contributed by atoms with Crippen LogP contribution in [0, 0.1) is 23.2 Å². The minimum atomic E-state index is 0.373. The maximum atomic E-state index is 6.77. The number of hydrogen-bond acceptors (Lipinski definition) is 3. The standard InChI is InChI=1S/C18H32N2O/c1-20(11-16-3-2-4-21-16)12-17(19)18-8-13-5-14(9-18)7-15(6-13)10-18/h13-17H,2-12,19H2,1H3. The highest BCUT2D eigenvalue weighted by Crippen LogP contribution is 2.61. The van der Waals surface area contributed by atoms with E-state index in [4.69, 9.17) is 10.5 Å². The molecule has 21 heavy (non-hydrogen) atoms. The average molecular weight is 292 g/mol. The van der Waals surface area contributed by atoms with Gasteiger partial charge in [0, 0.05) is 25.7 Å². The molecule has 0 aromatic carbocycles. The van der Waals surface area contributed by atoms with E-state index in [0.717, 1.165) is 37.5 Å². The van der Waals surface area contributed by atoms with Crippen LogP contribution in [-0.4, -0.2) is 43.8 Å². The molecule has 4 aliphatic carbocycles. The highest BCUT2D eigenvalue weighted by atomic mass is 16.5. The van der Waals surface area contributed by atoms with Crippen LogP contribution in [0.2, 0.25) is 0 Å². The van der Waals surface area contributed by atoms with Crippen molar-refractivity contribution in [2.45, 2.75) is 63.5 Å². The van der Waals surface area contributed by atoms with Crippen LogP contribution >= 0.6 is 0 Å². The number of hydrogen-bond donors (Lipinski definition) is 1. The largest absolute Gasteiger partial charge is 0.377 e. The molecule has 1 heterocycles. The Morgan fingerprint density at radius 3 is 2.29 bits per heavy atom. The topological polar surface area (TPSA) is 38.5 Å². The summed E-state index contributed by atoms with van der Waals surface area (Å²) < 4.78 is 5.77. The van der Waals surface area contributed by atoms with E-state index in [0.29, 0.717) is 17.6 Å². The lowest BCUT2D eigenvalue weighted by atomic mass is 9.48. The Bertz CT molecular complexity index is 342. The van der Waals surface area contributed by atoms with Gasteiger partial charge in [-0.05, 0) is 81.6 Å². The van der Waals surface area contributed by atoms with Crippen molar-refractivity contribution in [1.29, 1.82) is 0 Å². The van der Waals surface area contributed by atoms with Crippen molar-refractivity contribution < 1.29 is 4.74 Å². The van der Waals surface area contributed by atoms with Gasteiger partial charge in [-0.3, -0.25) is 0 Å². The van der Waals surface area contributed by atoms with Crippen LogP contribution in [-0.2, 0) is 4.74 Å². The van der Waals surface area contributed by atoms with E-state index in [1.54, 1.807) is 0 Å². The maximum absolute atomic E-state index is 6.77. The van der Waals surface area contributed by atoms with Crippen molar-refractivity contribution in [3.63, 3.8) is 0 Å². The zero-order chi connectivity index (χ0) is 14.4. The molecular formula is C18H32N2O. The first-order valence-corrected chi connectivity index (χ1v) is 9.19. The Hall–Kier alpha value is -0.120. The van der Waals surface area contributed by atoms with Crippen molar-refractivity contribution >= 4 is 0 Å². The van der Waals surface area contributed by atoms with Gasteiger partial charge in [-0.2, -0.15) is 0 Å². The molecule has 2 unspecified atom stereocenters. The second-order valence-electron chi connectivity index (χ2n) is 8.74. The minimum absolute atomic E-state index is 0.373. The van der Waals surface area contributed by atoms with Crippen LogP contribution in [0.15, 0.2) is 0 Å². The Balaban J connectivity index is 1.36. The summed E-state index contributed by atoms with van der Waals surface area (Å²) in [4.78, 5) is 2.44. The molecule has 1 saturated heterocycles. The molecule has 5 fully saturated rings. The lowest BCUT2D eigenvalue weighted by Crippen LogP contribution is -2.57. The molecule has 3 heteroatoms. The van der Waals surface area contributed by atoms with Crippen LogP contribution in [0.3, 0.4) is 0 Å². The maximum Gasteiger partial charge on any atom is 0.0702 e. The number of nitrogens with zero attached hydrogens (tertiary/aromatic N) is 1.